The van der Waals surface area contributed by atoms with Gasteiger partial charge in [-0.15, -0.1) is 0 Å². The normalized spacial score (nSPS) is 11.8. The van der Waals surface area contributed by atoms with Crippen LogP contribution in [0.5, 0.6) is 0 Å². The minimum Gasteiger partial charge on any atom is -0.376 e. The molecule has 0 spiro atoms. The van der Waals surface area contributed by atoms with Crippen LogP contribution in [0, 0.1) is 13.8 Å². The van der Waals surface area contributed by atoms with Crippen molar-refractivity contribution in [3.63, 3.8) is 0 Å². The van der Waals surface area contributed by atoms with E-state index in [1.807, 2.05) is 56.3 Å². The lowest BCUT2D eigenvalue weighted by Gasteiger charge is -2.15. The molecule has 3 heteroatoms. The van der Waals surface area contributed by atoms with Gasteiger partial charge in [0.25, 0.3) is 0 Å². The Morgan fingerprint density at radius 2 is 1.81 bits per heavy atom. The van der Waals surface area contributed by atoms with Gasteiger partial charge in [-0.3, -0.25) is 4.79 Å². The fraction of sp³-hybridized carbons (Fsp3) is 0.278. The van der Waals surface area contributed by atoms with Crippen molar-refractivity contribution in [2.24, 2.45) is 0 Å². The standard InChI is InChI=1S/C18H22N2O/c1-13-9-10-17(14(2)11-13)19-12-18(21)20-15(3)16-7-5-4-6-8-16/h4-11,15,19H,12H2,1-3H3,(H,20,21)/t15-/m1/s1. The van der Waals surface area contributed by atoms with Gasteiger partial charge in [-0.1, -0.05) is 48.0 Å². The summed E-state index contributed by atoms with van der Waals surface area (Å²) in [5.74, 6) is -0.00803. The predicted octanol–water partition coefficient (Wildman–Crippen LogP) is 3.59. The lowest BCUT2D eigenvalue weighted by atomic mass is 10.1. The Bertz CT molecular complexity index is 608. The van der Waals surface area contributed by atoms with Crippen LogP contribution in [0.1, 0.15) is 29.7 Å². The van der Waals surface area contributed by atoms with Crippen LogP contribution >= 0.6 is 0 Å². The average Bonchev–Trinajstić information content (AvgIpc) is 2.47. The Morgan fingerprint density at radius 3 is 2.48 bits per heavy atom. The number of nitrogens with one attached hydrogen (secondary N) is 2. The first-order valence-corrected chi connectivity index (χ1v) is 7.21. The van der Waals surface area contributed by atoms with Crippen molar-refractivity contribution in [2.75, 3.05) is 11.9 Å². The number of aryl methyl sites for hydroxylation is 2. The molecule has 0 radical (unpaired) electrons. The van der Waals surface area contributed by atoms with Gasteiger partial charge in [0, 0.05) is 5.69 Å². The number of anilines is 1. The van der Waals surface area contributed by atoms with Gasteiger partial charge in [0.1, 0.15) is 0 Å². The van der Waals surface area contributed by atoms with E-state index in [1.54, 1.807) is 0 Å². The monoisotopic (exact) mass is 282 g/mol. The predicted molar refractivity (Wildman–Crippen MR) is 87.4 cm³/mol. The van der Waals surface area contributed by atoms with Crippen LogP contribution in [0.2, 0.25) is 0 Å². The van der Waals surface area contributed by atoms with Gasteiger partial charge in [-0.25, -0.2) is 0 Å². The second-order valence-corrected chi connectivity index (χ2v) is 5.37. The minimum atomic E-state index is -0.00803. The zero-order valence-corrected chi connectivity index (χ0v) is 12.8. The first-order chi connectivity index (χ1) is 10.1. The molecule has 0 aromatic heterocycles. The Labute approximate surface area is 126 Å². The van der Waals surface area contributed by atoms with Crippen molar-refractivity contribution in [2.45, 2.75) is 26.8 Å². The van der Waals surface area contributed by atoms with E-state index >= 15 is 0 Å². The highest BCUT2D eigenvalue weighted by molar-refractivity contribution is 5.81. The number of hydrogen-bond acceptors (Lipinski definition) is 2. The summed E-state index contributed by atoms with van der Waals surface area (Å²) in [6.45, 7) is 6.37. The van der Waals surface area contributed by atoms with Gasteiger partial charge >= 0.3 is 0 Å². The fourth-order valence-corrected chi connectivity index (χ4v) is 2.31. The first-order valence-electron chi connectivity index (χ1n) is 7.21. The highest BCUT2D eigenvalue weighted by Crippen LogP contribution is 2.16. The summed E-state index contributed by atoms with van der Waals surface area (Å²) in [6.07, 6.45) is 0. The highest BCUT2D eigenvalue weighted by Gasteiger charge is 2.09. The summed E-state index contributed by atoms with van der Waals surface area (Å²) in [7, 11) is 0. The van der Waals surface area contributed by atoms with Gasteiger partial charge in [0.15, 0.2) is 0 Å². The zero-order valence-electron chi connectivity index (χ0n) is 12.8. The molecule has 2 rings (SSSR count). The van der Waals surface area contributed by atoms with E-state index in [2.05, 4.69) is 23.6 Å². The maximum absolute atomic E-state index is 12.0. The van der Waals surface area contributed by atoms with E-state index in [1.165, 1.54) is 5.56 Å². The van der Waals surface area contributed by atoms with Crippen LogP contribution in [0.15, 0.2) is 48.5 Å². The molecule has 0 bridgehead atoms. The van der Waals surface area contributed by atoms with Crippen molar-refractivity contribution in [1.82, 2.24) is 5.32 Å². The number of hydrogen-bond donors (Lipinski definition) is 2. The molecule has 0 aliphatic rings. The van der Waals surface area contributed by atoms with Gasteiger partial charge in [-0.05, 0) is 38.0 Å². The molecule has 0 aliphatic carbocycles. The molecule has 0 unspecified atom stereocenters. The number of carbonyl (C=O) groups excluding carboxylic acids is 1. The van der Waals surface area contributed by atoms with E-state index in [0.29, 0.717) is 0 Å². The smallest absolute Gasteiger partial charge is 0.239 e. The molecule has 110 valence electrons. The fourth-order valence-electron chi connectivity index (χ4n) is 2.31. The van der Waals surface area contributed by atoms with Gasteiger partial charge < -0.3 is 10.6 Å². The highest BCUT2D eigenvalue weighted by atomic mass is 16.1. The topological polar surface area (TPSA) is 41.1 Å². The largest absolute Gasteiger partial charge is 0.376 e. The summed E-state index contributed by atoms with van der Waals surface area (Å²) in [5.41, 5.74) is 4.49. The molecule has 2 N–H and O–H groups in total. The summed E-state index contributed by atoms with van der Waals surface area (Å²) >= 11 is 0. The molecule has 3 nitrogen and oxygen atoms in total. The molecule has 0 saturated heterocycles. The zero-order chi connectivity index (χ0) is 15.2. The maximum atomic E-state index is 12.0. The van der Waals surface area contributed by atoms with E-state index in [4.69, 9.17) is 0 Å². The molecule has 0 heterocycles. The van der Waals surface area contributed by atoms with Crippen LogP contribution in [0.3, 0.4) is 0 Å². The van der Waals surface area contributed by atoms with Crippen molar-refractivity contribution >= 4 is 11.6 Å². The summed E-state index contributed by atoms with van der Waals surface area (Å²) in [6, 6.07) is 16.1. The van der Waals surface area contributed by atoms with Crippen molar-refractivity contribution in [1.29, 1.82) is 0 Å². The van der Waals surface area contributed by atoms with Gasteiger partial charge in [0.2, 0.25) is 5.91 Å². The second-order valence-electron chi connectivity index (χ2n) is 5.37. The quantitative estimate of drug-likeness (QED) is 0.880. The molecule has 1 atom stereocenters. The van der Waals surface area contributed by atoms with E-state index in [-0.39, 0.29) is 18.5 Å². The Morgan fingerprint density at radius 1 is 1.10 bits per heavy atom. The summed E-state index contributed by atoms with van der Waals surface area (Å²) < 4.78 is 0. The number of carbonyl (C=O) groups is 1. The van der Waals surface area contributed by atoms with Gasteiger partial charge in [-0.2, -0.15) is 0 Å². The number of rotatable bonds is 5. The van der Waals surface area contributed by atoms with Crippen molar-refractivity contribution in [3.05, 3.63) is 65.2 Å². The lowest BCUT2D eigenvalue weighted by Crippen LogP contribution is -2.32. The molecular formula is C18H22N2O. The molecule has 1 amide bonds. The third-order valence-corrected chi connectivity index (χ3v) is 3.50. The van der Waals surface area contributed by atoms with Crippen LogP contribution < -0.4 is 10.6 Å². The van der Waals surface area contributed by atoms with Crippen LogP contribution in [0.25, 0.3) is 0 Å². The SMILES string of the molecule is Cc1ccc(NCC(=O)N[C@H](C)c2ccccc2)c(C)c1. The molecule has 0 saturated carbocycles. The first kappa shape index (κ1) is 15.1. The van der Waals surface area contributed by atoms with Crippen molar-refractivity contribution in [3.8, 4) is 0 Å². The molecule has 2 aromatic carbocycles. The minimum absolute atomic E-state index is 0.00803. The molecule has 0 aliphatic heterocycles. The van der Waals surface area contributed by atoms with E-state index in [0.717, 1.165) is 16.8 Å². The van der Waals surface area contributed by atoms with E-state index in [9.17, 15) is 4.79 Å². The number of benzene rings is 2. The third-order valence-electron chi connectivity index (χ3n) is 3.50. The van der Waals surface area contributed by atoms with Gasteiger partial charge in [0.05, 0.1) is 12.6 Å². The second kappa shape index (κ2) is 6.93. The maximum Gasteiger partial charge on any atom is 0.239 e. The molecular weight excluding hydrogens is 260 g/mol. The molecule has 2 aromatic rings. The van der Waals surface area contributed by atoms with Crippen LogP contribution in [0.4, 0.5) is 5.69 Å². The third kappa shape index (κ3) is 4.35. The Kier molecular flexibility index (Phi) is 4.99. The summed E-state index contributed by atoms with van der Waals surface area (Å²) in [4.78, 5) is 12.0. The molecule has 21 heavy (non-hydrogen) atoms. The number of amides is 1. The molecule has 0 fully saturated rings. The Balaban J connectivity index is 1.87. The lowest BCUT2D eigenvalue weighted by molar-refractivity contribution is -0.120. The van der Waals surface area contributed by atoms with Crippen LogP contribution in [-0.4, -0.2) is 12.5 Å². The summed E-state index contributed by atoms with van der Waals surface area (Å²) in [5, 5.41) is 6.18. The van der Waals surface area contributed by atoms with Crippen molar-refractivity contribution < 1.29 is 4.79 Å². The average molecular weight is 282 g/mol. The van der Waals surface area contributed by atoms with Crippen LogP contribution in [-0.2, 0) is 4.79 Å². The Hall–Kier alpha value is -2.29. The van der Waals surface area contributed by atoms with E-state index < -0.39 is 0 Å².